The molecule has 2 fully saturated rings. The molecular formula is C21H32FN5O2. The lowest BCUT2D eigenvalue weighted by Gasteiger charge is -2.36. The topological polar surface area (TPSA) is 69.2 Å². The molecule has 1 heterocycles. The zero-order valence-electron chi connectivity index (χ0n) is 17.4. The number of guanidine groups is 1. The summed E-state index contributed by atoms with van der Waals surface area (Å²) in [6, 6.07) is 6.44. The van der Waals surface area contributed by atoms with Crippen LogP contribution in [-0.4, -0.2) is 79.6 Å². The van der Waals surface area contributed by atoms with Gasteiger partial charge < -0.3 is 20.3 Å². The highest BCUT2D eigenvalue weighted by atomic mass is 19.1. The number of nitrogens with one attached hydrogen (secondary N) is 2. The summed E-state index contributed by atoms with van der Waals surface area (Å²) in [4.78, 5) is 21.1. The van der Waals surface area contributed by atoms with E-state index in [1.807, 2.05) is 13.8 Å². The predicted molar refractivity (Wildman–Crippen MR) is 112 cm³/mol. The Bertz CT molecular complexity index is 685. The number of hydrogen-bond donors (Lipinski definition) is 2. The van der Waals surface area contributed by atoms with Gasteiger partial charge in [0.1, 0.15) is 17.7 Å². The molecule has 1 saturated carbocycles. The number of halogens is 1. The number of rotatable bonds is 8. The summed E-state index contributed by atoms with van der Waals surface area (Å²) in [5, 5.41) is 6.39. The molecule has 2 N–H and O–H groups in total. The van der Waals surface area contributed by atoms with E-state index in [0.717, 1.165) is 51.5 Å². The van der Waals surface area contributed by atoms with E-state index in [1.165, 1.54) is 12.1 Å². The Morgan fingerprint density at radius 2 is 1.93 bits per heavy atom. The minimum Gasteiger partial charge on any atom is -0.489 e. The Kier molecular flexibility index (Phi) is 7.69. The molecule has 1 unspecified atom stereocenters. The molecule has 1 atom stereocenters. The van der Waals surface area contributed by atoms with Crippen LogP contribution in [0.25, 0.3) is 0 Å². The largest absolute Gasteiger partial charge is 0.489 e. The smallest absolute Gasteiger partial charge is 0.234 e. The fourth-order valence-corrected chi connectivity index (χ4v) is 3.25. The van der Waals surface area contributed by atoms with Crippen molar-refractivity contribution in [3.05, 3.63) is 30.1 Å². The molecule has 0 bridgehead atoms. The second kappa shape index (κ2) is 10.4. The molecule has 1 saturated heterocycles. The van der Waals surface area contributed by atoms with Crippen LogP contribution in [-0.2, 0) is 4.79 Å². The van der Waals surface area contributed by atoms with Crippen LogP contribution in [0.2, 0.25) is 0 Å². The van der Waals surface area contributed by atoms with Crippen LogP contribution >= 0.6 is 0 Å². The van der Waals surface area contributed by atoms with Crippen molar-refractivity contribution in [1.82, 2.24) is 20.4 Å². The monoisotopic (exact) mass is 405 g/mol. The minimum atomic E-state index is -0.276. The van der Waals surface area contributed by atoms with Crippen LogP contribution in [0.15, 0.2) is 29.3 Å². The summed E-state index contributed by atoms with van der Waals surface area (Å²) in [6.45, 7) is 9.10. The first-order chi connectivity index (χ1) is 14.0. The highest BCUT2D eigenvalue weighted by Gasteiger charge is 2.26. The summed E-state index contributed by atoms with van der Waals surface area (Å²) in [5.74, 6) is 1.36. The van der Waals surface area contributed by atoms with E-state index in [9.17, 15) is 9.18 Å². The summed E-state index contributed by atoms with van der Waals surface area (Å²) in [5.41, 5.74) is 0. The molecule has 1 amide bonds. The van der Waals surface area contributed by atoms with Crippen molar-refractivity contribution >= 4 is 11.9 Å². The number of piperazine rings is 1. The summed E-state index contributed by atoms with van der Waals surface area (Å²) in [6.07, 6.45) is 2.11. The maximum absolute atomic E-state index is 13.0. The van der Waals surface area contributed by atoms with Gasteiger partial charge in [-0.25, -0.2) is 9.38 Å². The fourth-order valence-electron chi connectivity index (χ4n) is 3.25. The van der Waals surface area contributed by atoms with Gasteiger partial charge in [-0.3, -0.25) is 9.69 Å². The van der Waals surface area contributed by atoms with E-state index >= 15 is 0 Å². The minimum absolute atomic E-state index is 0.124. The maximum Gasteiger partial charge on any atom is 0.234 e. The Balaban J connectivity index is 1.45. The van der Waals surface area contributed by atoms with Crippen LogP contribution in [0.3, 0.4) is 0 Å². The van der Waals surface area contributed by atoms with E-state index in [1.54, 1.807) is 12.1 Å². The molecule has 2 aliphatic rings. The van der Waals surface area contributed by atoms with Gasteiger partial charge in [-0.05, 0) is 51.0 Å². The molecule has 160 valence electrons. The number of benzene rings is 1. The van der Waals surface area contributed by atoms with Crippen molar-refractivity contribution in [3.63, 3.8) is 0 Å². The molecule has 3 rings (SSSR count). The molecule has 0 spiro atoms. The molecule has 1 aromatic carbocycles. The number of hydrogen-bond acceptors (Lipinski definition) is 4. The van der Waals surface area contributed by atoms with Gasteiger partial charge in [0.15, 0.2) is 5.96 Å². The zero-order chi connectivity index (χ0) is 20.6. The van der Waals surface area contributed by atoms with Crippen LogP contribution in [0.1, 0.15) is 26.7 Å². The molecule has 29 heavy (non-hydrogen) atoms. The summed E-state index contributed by atoms with van der Waals surface area (Å²) < 4.78 is 18.8. The molecule has 1 aromatic rings. The van der Waals surface area contributed by atoms with E-state index in [-0.39, 0.29) is 17.8 Å². The fraction of sp³-hybridized carbons (Fsp3) is 0.619. The van der Waals surface area contributed by atoms with Crippen molar-refractivity contribution in [2.75, 3.05) is 45.8 Å². The lowest BCUT2D eigenvalue weighted by molar-refractivity contribution is -0.122. The van der Waals surface area contributed by atoms with Crippen LogP contribution in [0.4, 0.5) is 4.39 Å². The molecule has 7 nitrogen and oxygen atoms in total. The molecular weight excluding hydrogens is 373 g/mol. The van der Waals surface area contributed by atoms with E-state index < -0.39 is 0 Å². The third kappa shape index (κ3) is 7.20. The number of ether oxygens (including phenoxy) is 1. The number of nitrogens with zero attached hydrogens (tertiary/aromatic N) is 3. The lowest BCUT2D eigenvalue weighted by Crippen LogP contribution is -2.54. The Labute approximate surface area is 172 Å². The second-order valence-electron chi connectivity index (χ2n) is 7.68. The summed E-state index contributed by atoms with van der Waals surface area (Å²) in [7, 11) is 0. The quantitative estimate of drug-likeness (QED) is 0.506. The van der Waals surface area contributed by atoms with Gasteiger partial charge in [0.25, 0.3) is 0 Å². The Morgan fingerprint density at radius 3 is 2.55 bits per heavy atom. The average Bonchev–Trinajstić information content (AvgIpc) is 3.51. The van der Waals surface area contributed by atoms with Gasteiger partial charge in [0.2, 0.25) is 5.91 Å². The van der Waals surface area contributed by atoms with Gasteiger partial charge in [-0.2, -0.15) is 0 Å². The Morgan fingerprint density at radius 1 is 1.24 bits per heavy atom. The van der Waals surface area contributed by atoms with Crippen molar-refractivity contribution < 1.29 is 13.9 Å². The number of carbonyl (C=O) groups excluding carboxylic acids is 1. The van der Waals surface area contributed by atoms with E-state index in [0.29, 0.717) is 24.9 Å². The first-order valence-corrected chi connectivity index (χ1v) is 10.5. The van der Waals surface area contributed by atoms with Gasteiger partial charge >= 0.3 is 0 Å². The molecule has 1 aliphatic heterocycles. The lowest BCUT2D eigenvalue weighted by atomic mass is 10.3. The number of amides is 1. The SMILES string of the molecule is CCNC(=NCC(C)Oc1ccc(F)cc1)N1CCN(CC(=O)NC2CC2)CC1. The van der Waals surface area contributed by atoms with E-state index in [2.05, 4.69) is 20.4 Å². The normalized spacial score (nSPS) is 19.0. The Hall–Kier alpha value is -2.35. The van der Waals surface area contributed by atoms with Crippen LogP contribution in [0, 0.1) is 5.82 Å². The molecule has 1 aliphatic carbocycles. The average molecular weight is 406 g/mol. The van der Waals surface area contributed by atoms with Crippen molar-refractivity contribution in [2.24, 2.45) is 4.99 Å². The number of carbonyl (C=O) groups is 1. The number of aliphatic imine (C=N–C) groups is 1. The third-order valence-corrected chi connectivity index (χ3v) is 4.97. The highest BCUT2D eigenvalue weighted by Crippen LogP contribution is 2.18. The first kappa shape index (κ1) is 21.4. The standard InChI is InChI=1S/C21H32FN5O2/c1-3-23-21(24-14-16(2)29-19-8-4-17(22)5-9-19)27-12-10-26(11-13-27)15-20(28)25-18-6-7-18/h4-5,8-9,16,18H,3,6-7,10-15H2,1-2H3,(H,23,24)(H,25,28). The molecule has 0 radical (unpaired) electrons. The zero-order valence-corrected chi connectivity index (χ0v) is 17.4. The van der Waals surface area contributed by atoms with Crippen LogP contribution < -0.4 is 15.4 Å². The molecule has 8 heteroatoms. The van der Waals surface area contributed by atoms with Gasteiger partial charge in [0, 0.05) is 38.8 Å². The van der Waals surface area contributed by atoms with Gasteiger partial charge in [0.05, 0.1) is 13.1 Å². The van der Waals surface area contributed by atoms with Crippen LogP contribution in [0.5, 0.6) is 5.75 Å². The third-order valence-electron chi connectivity index (χ3n) is 4.97. The predicted octanol–water partition coefficient (Wildman–Crippen LogP) is 1.45. The van der Waals surface area contributed by atoms with Crippen molar-refractivity contribution in [2.45, 2.75) is 38.8 Å². The van der Waals surface area contributed by atoms with Crippen molar-refractivity contribution in [3.8, 4) is 5.75 Å². The van der Waals surface area contributed by atoms with Crippen molar-refractivity contribution in [1.29, 1.82) is 0 Å². The maximum atomic E-state index is 13.0. The second-order valence-corrected chi connectivity index (χ2v) is 7.68. The first-order valence-electron chi connectivity index (χ1n) is 10.5. The van der Waals surface area contributed by atoms with Gasteiger partial charge in [-0.15, -0.1) is 0 Å². The molecule has 0 aromatic heterocycles. The van der Waals surface area contributed by atoms with Gasteiger partial charge in [-0.1, -0.05) is 0 Å². The summed E-state index contributed by atoms with van der Waals surface area (Å²) >= 11 is 0. The highest BCUT2D eigenvalue weighted by molar-refractivity contribution is 5.80. The van der Waals surface area contributed by atoms with E-state index in [4.69, 9.17) is 9.73 Å².